The van der Waals surface area contributed by atoms with E-state index in [2.05, 4.69) is 36.9 Å². The molecule has 0 bridgehead atoms. The average molecular weight is 446 g/mol. The van der Waals surface area contributed by atoms with Crippen molar-refractivity contribution in [3.05, 3.63) is 107 Å². The fraction of sp³-hybridized carbons (Fsp3) is 0.192. The van der Waals surface area contributed by atoms with Crippen molar-refractivity contribution in [2.45, 2.75) is 32.1 Å². The predicted molar refractivity (Wildman–Crippen MR) is 131 cm³/mol. The Morgan fingerprint density at radius 1 is 0.750 bits per heavy atom. The summed E-state index contributed by atoms with van der Waals surface area (Å²) in [6.45, 7) is 6.34. The Kier molecular flexibility index (Phi) is 7.38. The number of carbonyl (C=O) groups is 2. The number of amides is 2. The molecule has 2 amide bonds. The summed E-state index contributed by atoms with van der Waals surface area (Å²) >= 11 is 5.20. The Morgan fingerprint density at radius 2 is 1.25 bits per heavy atom. The van der Waals surface area contributed by atoms with Crippen LogP contribution in [-0.2, 0) is 10.2 Å². The van der Waals surface area contributed by atoms with Crippen LogP contribution in [0.3, 0.4) is 0 Å². The van der Waals surface area contributed by atoms with Crippen molar-refractivity contribution >= 4 is 29.1 Å². The molecule has 3 rings (SSSR count). The van der Waals surface area contributed by atoms with Gasteiger partial charge in [-0.25, -0.2) is 0 Å². The van der Waals surface area contributed by atoms with E-state index < -0.39 is 5.92 Å². The average Bonchev–Trinajstić information content (AvgIpc) is 2.79. The van der Waals surface area contributed by atoms with E-state index in [4.69, 9.17) is 12.2 Å². The van der Waals surface area contributed by atoms with Gasteiger partial charge in [0.2, 0.25) is 5.91 Å². The third kappa shape index (κ3) is 6.02. The highest BCUT2D eigenvalue weighted by atomic mass is 32.1. The molecule has 0 fully saturated rings. The van der Waals surface area contributed by atoms with Crippen molar-refractivity contribution in [3.8, 4) is 0 Å². The first kappa shape index (κ1) is 23.2. The van der Waals surface area contributed by atoms with E-state index in [-0.39, 0.29) is 22.3 Å². The zero-order valence-corrected chi connectivity index (χ0v) is 19.2. The molecule has 0 aliphatic carbocycles. The number of hydrazine groups is 1. The highest BCUT2D eigenvalue weighted by Gasteiger charge is 2.23. The second-order valence-corrected chi connectivity index (χ2v) is 8.89. The molecule has 0 saturated heterocycles. The van der Waals surface area contributed by atoms with Crippen molar-refractivity contribution in [2.24, 2.45) is 0 Å². The topological polar surface area (TPSA) is 70.2 Å². The Morgan fingerprint density at radius 3 is 1.72 bits per heavy atom. The van der Waals surface area contributed by atoms with Crippen molar-refractivity contribution in [2.75, 3.05) is 0 Å². The molecule has 3 aromatic rings. The SMILES string of the molecule is CC(C)(C)c1ccc(C(=O)NC(=S)NNC(=O)C(c2ccccc2)c2ccccc2)cc1. The largest absolute Gasteiger partial charge is 0.298 e. The van der Waals surface area contributed by atoms with Crippen molar-refractivity contribution < 1.29 is 9.59 Å². The van der Waals surface area contributed by atoms with Crippen LogP contribution in [0.5, 0.6) is 0 Å². The molecule has 0 aromatic heterocycles. The van der Waals surface area contributed by atoms with Gasteiger partial charge in [0.15, 0.2) is 5.11 Å². The molecule has 0 saturated carbocycles. The van der Waals surface area contributed by atoms with Crippen molar-refractivity contribution in [3.63, 3.8) is 0 Å². The fourth-order valence-electron chi connectivity index (χ4n) is 3.30. The minimum absolute atomic E-state index is 0.00416. The van der Waals surface area contributed by atoms with Crippen LogP contribution < -0.4 is 16.2 Å². The molecular formula is C26H27N3O2S. The normalized spacial score (nSPS) is 11.0. The minimum Gasteiger partial charge on any atom is -0.298 e. The third-order valence-electron chi connectivity index (χ3n) is 5.07. The molecule has 5 nitrogen and oxygen atoms in total. The third-order valence-corrected chi connectivity index (χ3v) is 5.27. The van der Waals surface area contributed by atoms with E-state index in [1.54, 1.807) is 12.1 Å². The van der Waals surface area contributed by atoms with Crippen LogP contribution in [0, 0.1) is 0 Å². The maximum absolute atomic E-state index is 13.0. The highest BCUT2D eigenvalue weighted by Crippen LogP contribution is 2.24. The van der Waals surface area contributed by atoms with E-state index in [1.165, 1.54) is 0 Å². The smallest absolute Gasteiger partial charge is 0.257 e. The molecule has 6 heteroatoms. The molecule has 0 aliphatic heterocycles. The second kappa shape index (κ2) is 10.2. The van der Waals surface area contributed by atoms with Crippen LogP contribution in [0.4, 0.5) is 0 Å². The van der Waals surface area contributed by atoms with Crippen molar-refractivity contribution in [1.82, 2.24) is 16.2 Å². The van der Waals surface area contributed by atoms with Gasteiger partial charge in [-0.1, -0.05) is 93.6 Å². The number of hydrogen-bond acceptors (Lipinski definition) is 3. The summed E-state index contributed by atoms with van der Waals surface area (Å²) in [5, 5.41) is 2.61. The van der Waals surface area contributed by atoms with Gasteiger partial charge in [0, 0.05) is 5.56 Å². The number of thiocarbonyl (C=S) groups is 1. The lowest BCUT2D eigenvalue weighted by molar-refractivity contribution is -0.122. The van der Waals surface area contributed by atoms with E-state index in [0.29, 0.717) is 5.56 Å². The molecule has 0 radical (unpaired) electrons. The van der Waals surface area contributed by atoms with Crippen LogP contribution in [-0.4, -0.2) is 16.9 Å². The summed E-state index contributed by atoms with van der Waals surface area (Å²) in [7, 11) is 0. The first-order chi connectivity index (χ1) is 15.3. The summed E-state index contributed by atoms with van der Waals surface area (Å²) < 4.78 is 0. The predicted octanol–water partition coefficient (Wildman–Crippen LogP) is 4.45. The molecule has 164 valence electrons. The molecule has 3 aromatic carbocycles. The van der Waals surface area contributed by atoms with Gasteiger partial charge >= 0.3 is 0 Å². The van der Waals surface area contributed by atoms with Crippen LogP contribution in [0.25, 0.3) is 0 Å². The van der Waals surface area contributed by atoms with Gasteiger partial charge in [0.05, 0.1) is 5.92 Å². The maximum Gasteiger partial charge on any atom is 0.257 e. The van der Waals surface area contributed by atoms with Gasteiger partial charge in [0.1, 0.15) is 0 Å². The molecule has 32 heavy (non-hydrogen) atoms. The summed E-state index contributed by atoms with van der Waals surface area (Å²) in [4.78, 5) is 25.5. The summed E-state index contributed by atoms with van der Waals surface area (Å²) in [6.07, 6.45) is 0. The standard InChI is InChI=1S/C26H27N3O2S/c1-26(2,3)21-16-14-20(15-17-21)23(30)27-25(32)29-28-24(31)22(18-10-6-4-7-11-18)19-12-8-5-9-13-19/h4-17,22H,1-3H3,(H,28,31)(H2,27,29,30,32). The van der Waals surface area contributed by atoms with Gasteiger partial charge < -0.3 is 0 Å². The molecule has 0 heterocycles. The highest BCUT2D eigenvalue weighted by molar-refractivity contribution is 7.80. The summed E-state index contributed by atoms with van der Waals surface area (Å²) in [6, 6.07) is 26.4. The second-order valence-electron chi connectivity index (χ2n) is 8.48. The zero-order valence-electron chi connectivity index (χ0n) is 18.4. The molecule has 3 N–H and O–H groups in total. The Balaban J connectivity index is 1.62. The van der Waals surface area contributed by atoms with Crippen LogP contribution in [0.2, 0.25) is 0 Å². The van der Waals surface area contributed by atoms with E-state index in [1.807, 2.05) is 72.8 Å². The first-order valence-electron chi connectivity index (χ1n) is 10.4. The van der Waals surface area contributed by atoms with E-state index in [9.17, 15) is 9.59 Å². The Labute approximate surface area is 194 Å². The van der Waals surface area contributed by atoms with Crippen LogP contribution >= 0.6 is 12.2 Å². The van der Waals surface area contributed by atoms with E-state index in [0.717, 1.165) is 16.7 Å². The monoisotopic (exact) mass is 445 g/mol. The van der Waals surface area contributed by atoms with Crippen molar-refractivity contribution in [1.29, 1.82) is 0 Å². The molecule has 0 unspecified atom stereocenters. The Bertz CT molecular complexity index is 1040. The van der Waals surface area contributed by atoms with Gasteiger partial charge in [-0.05, 0) is 46.5 Å². The Hall–Kier alpha value is -3.51. The van der Waals surface area contributed by atoms with Gasteiger partial charge in [0.25, 0.3) is 5.91 Å². The first-order valence-corrected chi connectivity index (χ1v) is 10.8. The quantitative estimate of drug-likeness (QED) is 0.410. The lowest BCUT2D eigenvalue weighted by atomic mass is 9.87. The number of nitrogens with one attached hydrogen (secondary N) is 3. The van der Waals surface area contributed by atoms with Crippen LogP contribution in [0.1, 0.15) is 53.7 Å². The lowest BCUT2D eigenvalue weighted by Crippen LogP contribution is -2.49. The molecule has 0 aliphatic rings. The lowest BCUT2D eigenvalue weighted by Gasteiger charge is -2.19. The summed E-state index contributed by atoms with van der Waals surface area (Å²) in [5.74, 6) is -1.15. The molecule has 0 spiro atoms. The number of rotatable bonds is 4. The van der Waals surface area contributed by atoms with E-state index >= 15 is 0 Å². The number of carbonyl (C=O) groups excluding carboxylic acids is 2. The van der Waals surface area contributed by atoms with Gasteiger partial charge in [-0.3, -0.25) is 25.8 Å². The molecule has 0 atom stereocenters. The van der Waals surface area contributed by atoms with Crippen LogP contribution in [0.15, 0.2) is 84.9 Å². The van der Waals surface area contributed by atoms with Gasteiger partial charge in [-0.2, -0.15) is 0 Å². The number of benzene rings is 3. The molecular weight excluding hydrogens is 418 g/mol. The fourth-order valence-corrected chi connectivity index (χ4v) is 3.45. The van der Waals surface area contributed by atoms with Gasteiger partial charge in [-0.15, -0.1) is 0 Å². The summed E-state index contributed by atoms with van der Waals surface area (Å²) in [5.41, 5.74) is 8.59. The number of hydrogen-bond donors (Lipinski definition) is 3. The maximum atomic E-state index is 13.0. The minimum atomic E-state index is -0.520. The zero-order chi connectivity index (χ0) is 23.1.